The lowest BCUT2D eigenvalue weighted by Crippen LogP contribution is -2.02. The SMILES string of the molecule is CC(C)c1ccc([C@@H](C)O)c(C(C)C)c1. The molecular formula is C14H22O. The highest BCUT2D eigenvalue weighted by Gasteiger charge is 2.12. The third kappa shape index (κ3) is 2.82. The molecular weight excluding hydrogens is 184 g/mol. The van der Waals surface area contributed by atoms with Crippen LogP contribution in [0.3, 0.4) is 0 Å². The van der Waals surface area contributed by atoms with Crippen molar-refractivity contribution in [1.29, 1.82) is 0 Å². The molecule has 1 nitrogen and oxygen atoms in total. The first-order valence-corrected chi connectivity index (χ1v) is 5.75. The molecule has 0 amide bonds. The minimum absolute atomic E-state index is 0.372. The average Bonchev–Trinajstić information content (AvgIpc) is 2.16. The number of aliphatic hydroxyl groups excluding tert-OH is 1. The van der Waals surface area contributed by atoms with Crippen LogP contribution in [0.2, 0.25) is 0 Å². The summed E-state index contributed by atoms with van der Waals surface area (Å²) < 4.78 is 0. The fraction of sp³-hybridized carbons (Fsp3) is 0.571. The van der Waals surface area contributed by atoms with E-state index in [-0.39, 0.29) is 6.10 Å². The van der Waals surface area contributed by atoms with Crippen LogP contribution >= 0.6 is 0 Å². The standard InChI is InChI=1S/C14H22O/c1-9(2)12-6-7-13(11(5)15)14(8-12)10(3)4/h6-11,15H,1-5H3/t11-/m1/s1. The van der Waals surface area contributed by atoms with Crippen molar-refractivity contribution in [3.8, 4) is 0 Å². The monoisotopic (exact) mass is 206 g/mol. The van der Waals surface area contributed by atoms with Crippen molar-refractivity contribution in [3.05, 3.63) is 34.9 Å². The molecule has 0 saturated heterocycles. The molecule has 0 radical (unpaired) electrons. The maximum Gasteiger partial charge on any atom is 0.0764 e. The maximum absolute atomic E-state index is 9.68. The zero-order chi connectivity index (χ0) is 11.6. The van der Waals surface area contributed by atoms with Gasteiger partial charge in [0, 0.05) is 0 Å². The van der Waals surface area contributed by atoms with E-state index in [1.54, 1.807) is 0 Å². The van der Waals surface area contributed by atoms with Crippen molar-refractivity contribution in [1.82, 2.24) is 0 Å². The lowest BCUT2D eigenvalue weighted by molar-refractivity contribution is 0.198. The highest BCUT2D eigenvalue weighted by atomic mass is 16.3. The molecule has 0 unspecified atom stereocenters. The van der Waals surface area contributed by atoms with Gasteiger partial charge in [-0.15, -0.1) is 0 Å². The van der Waals surface area contributed by atoms with E-state index in [9.17, 15) is 5.11 Å². The van der Waals surface area contributed by atoms with Gasteiger partial charge in [0.25, 0.3) is 0 Å². The summed E-state index contributed by atoms with van der Waals surface area (Å²) in [6.07, 6.45) is -0.372. The van der Waals surface area contributed by atoms with Gasteiger partial charge in [0.15, 0.2) is 0 Å². The second-order valence-corrected chi connectivity index (χ2v) is 4.87. The Kier molecular flexibility index (Phi) is 3.92. The summed E-state index contributed by atoms with van der Waals surface area (Å²) in [5, 5.41) is 9.68. The van der Waals surface area contributed by atoms with Crippen LogP contribution in [-0.2, 0) is 0 Å². The number of rotatable bonds is 3. The second-order valence-electron chi connectivity index (χ2n) is 4.87. The molecule has 0 bridgehead atoms. The Balaban J connectivity index is 3.21. The molecule has 0 aromatic heterocycles. The van der Waals surface area contributed by atoms with Crippen LogP contribution in [0.25, 0.3) is 0 Å². The van der Waals surface area contributed by atoms with E-state index < -0.39 is 0 Å². The number of hydrogen-bond donors (Lipinski definition) is 1. The summed E-state index contributed by atoms with van der Waals surface area (Å²) in [6, 6.07) is 6.42. The fourth-order valence-corrected chi connectivity index (χ4v) is 1.83. The minimum Gasteiger partial charge on any atom is -0.389 e. The van der Waals surface area contributed by atoms with Gasteiger partial charge in [-0.1, -0.05) is 45.9 Å². The van der Waals surface area contributed by atoms with E-state index in [1.807, 2.05) is 6.92 Å². The molecule has 0 fully saturated rings. The summed E-state index contributed by atoms with van der Waals surface area (Å²) in [5.74, 6) is 1.01. The van der Waals surface area contributed by atoms with Gasteiger partial charge in [0.2, 0.25) is 0 Å². The summed E-state index contributed by atoms with van der Waals surface area (Å²) in [5.41, 5.74) is 3.69. The van der Waals surface area contributed by atoms with E-state index in [2.05, 4.69) is 45.9 Å². The predicted molar refractivity (Wildman–Crippen MR) is 65.3 cm³/mol. The van der Waals surface area contributed by atoms with Crippen LogP contribution in [0, 0.1) is 0 Å². The number of benzene rings is 1. The van der Waals surface area contributed by atoms with Gasteiger partial charge in [0.1, 0.15) is 0 Å². The maximum atomic E-state index is 9.68. The highest BCUT2D eigenvalue weighted by Crippen LogP contribution is 2.28. The highest BCUT2D eigenvalue weighted by molar-refractivity contribution is 5.36. The number of aliphatic hydroxyl groups is 1. The van der Waals surface area contributed by atoms with E-state index in [4.69, 9.17) is 0 Å². The van der Waals surface area contributed by atoms with Crippen molar-refractivity contribution in [2.45, 2.75) is 52.6 Å². The molecule has 0 aliphatic heterocycles. The van der Waals surface area contributed by atoms with Gasteiger partial charge in [-0.3, -0.25) is 0 Å². The third-order valence-corrected chi connectivity index (χ3v) is 2.85. The van der Waals surface area contributed by atoms with Gasteiger partial charge >= 0.3 is 0 Å². The van der Waals surface area contributed by atoms with Gasteiger partial charge in [-0.25, -0.2) is 0 Å². The Bertz CT molecular complexity index is 324. The van der Waals surface area contributed by atoms with Gasteiger partial charge in [-0.2, -0.15) is 0 Å². The quantitative estimate of drug-likeness (QED) is 0.793. The molecule has 1 N–H and O–H groups in total. The van der Waals surface area contributed by atoms with Crippen LogP contribution in [0.15, 0.2) is 18.2 Å². The molecule has 0 aliphatic rings. The summed E-state index contributed by atoms with van der Waals surface area (Å²) >= 11 is 0. The molecule has 0 aliphatic carbocycles. The lowest BCUT2D eigenvalue weighted by Gasteiger charge is -2.17. The molecule has 1 rings (SSSR count). The van der Waals surface area contributed by atoms with Crippen LogP contribution in [0.4, 0.5) is 0 Å². The van der Waals surface area contributed by atoms with Crippen LogP contribution in [0.1, 0.15) is 69.2 Å². The van der Waals surface area contributed by atoms with Crippen molar-refractivity contribution < 1.29 is 5.11 Å². The summed E-state index contributed by atoms with van der Waals surface area (Å²) in [6.45, 7) is 10.6. The molecule has 0 saturated carbocycles. The zero-order valence-electron chi connectivity index (χ0n) is 10.4. The van der Waals surface area contributed by atoms with Crippen molar-refractivity contribution in [2.75, 3.05) is 0 Å². The van der Waals surface area contributed by atoms with Gasteiger partial charge < -0.3 is 5.11 Å². The van der Waals surface area contributed by atoms with Gasteiger partial charge in [0.05, 0.1) is 6.10 Å². The molecule has 0 spiro atoms. The Morgan fingerprint density at radius 3 is 1.87 bits per heavy atom. The van der Waals surface area contributed by atoms with Crippen LogP contribution < -0.4 is 0 Å². The fourth-order valence-electron chi connectivity index (χ4n) is 1.83. The molecule has 1 aromatic rings. The molecule has 0 heterocycles. The summed E-state index contributed by atoms with van der Waals surface area (Å²) in [4.78, 5) is 0. The molecule has 1 aromatic carbocycles. The van der Waals surface area contributed by atoms with E-state index in [1.165, 1.54) is 11.1 Å². The lowest BCUT2D eigenvalue weighted by atomic mass is 9.90. The van der Waals surface area contributed by atoms with E-state index in [0.29, 0.717) is 11.8 Å². The smallest absolute Gasteiger partial charge is 0.0764 e. The summed E-state index contributed by atoms with van der Waals surface area (Å²) in [7, 11) is 0. The van der Waals surface area contributed by atoms with Crippen LogP contribution in [0.5, 0.6) is 0 Å². The third-order valence-electron chi connectivity index (χ3n) is 2.85. The van der Waals surface area contributed by atoms with Crippen LogP contribution in [-0.4, -0.2) is 5.11 Å². The Morgan fingerprint density at radius 1 is 0.867 bits per heavy atom. The predicted octanol–water partition coefficient (Wildman–Crippen LogP) is 3.99. The molecule has 1 heteroatoms. The van der Waals surface area contributed by atoms with Crippen molar-refractivity contribution >= 4 is 0 Å². The van der Waals surface area contributed by atoms with Gasteiger partial charge in [-0.05, 0) is 35.4 Å². The first kappa shape index (κ1) is 12.3. The molecule has 1 atom stereocenters. The van der Waals surface area contributed by atoms with E-state index >= 15 is 0 Å². The normalized spacial score (nSPS) is 13.6. The topological polar surface area (TPSA) is 20.2 Å². The second kappa shape index (κ2) is 4.80. The first-order chi connectivity index (χ1) is 6.93. The minimum atomic E-state index is -0.372. The average molecular weight is 206 g/mol. The molecule has 84 valence electrons. The molecule has 15 heavy (non-hydrogen) atoms. The largest absolute Gasteiger partial charge is 0.389 e. The first-order valence-electron chi connectivity index (χ1n) is 5.75. The van der Waals surface area contributed by atoms with E-state index in [0.717, 1.165) is 5.56 Å². The van der Waals surface area contributed by atoms with Crippen molar-refractivity contribution in [2.24, 2.45) is 0 Å². The Labute approximate surface area is 93.1 Å². The number of hydrogen-bond acceptors (Lipinski definition) is 1. The Hall–Kier alpha value is -0.820. The Morgan fingerprint density at radius 2 is 1.47 bits per heavy atom. The zero-order valence-corrected chi connectivity index (χ0v) is 10.4. The van der Waals surface area contributed by atoms with Crippen molar-refractivity contribution in [3.63, 3.8) is 0 Å².